The summed E-state index contributed by atoms with van der Waals surface area (Å²) in [4.78, 5) is 12.0. The van der Waals surface area contributed by atoms with Crippen molar-refractivity contribution in [2.24, 2.45) is 0 Å². The molecule has 0 aromatic heterocycles. The predicted molar refractivity (Wildman–Crippen MR) is 77.3 cm³/mol. The lowest BCUT2D eigenvalue weighted by molar-refractivity contribution is -0.121. The molecule has 0 fully saturated rings. The molecule has 1 unspecified atom stereocenters. The van der Waals surface area contributed by atoms with Gasteiger partial charge in [-0.25, -0.2) is 0 Å². The zero-order valence-corrected chi connectivity index (χ0v) is 12.5. The van der Waals surface area contributed by atoms with Crippen LogP contribution in [0.15, 0.2) is 24.3 Å². The van der Waals surface area contributed by atoms with Crippen molar-refractivity contribution in [1.29, 1.82) is 0 Å². The largest absolute Gasteiger partial charge is 0.497 e. The number of carbonyl (C=O) groups is 1. The normalized spacial score (nSPS) is 11.9. The number of hydrogen-bond acceptors (Lipinski definition) is 2. The minimum Gasteiger partial charge on any atom is -0.497 e. The Bertz CT molecular complexity index is 363. The smallest absolute Gasteiger partial charge is 0.220 e. The molecular formula is C14H20BrNO2. The highest BCUT2D eigenvalue weighted by Gasteiger charge is 2.03. The maximum Gasteiger partial charge on any atom is 0.220 e. The van der Waals surface area contributed by atoms with E-state index in [1.807, 2.05) is 24.3 Å². The predicted octanol–water partition coefficient (Wildman–Crippen LogP) is 2.92. The number of carbonyl (C=O) groups excluding carboxylic acids is 1. The van der Waals surface area contributed by atoms with E-state index in [1.54, 1.807) is 7.11 Å². The molecule has 1 N–H and O–H groups in total. The molecule has 1 atom stereocenters. The standard InChI is InChI=1S/C14H20BrNO2/c1-11(15)9-10-16-14(17)8-5-12-3-6-13(18-2)7-4-12/h3-4,6-7,11H,5,8-10H2,1-2H3,(H,16,17). The number of aryl methyl sites for hydroxylation is 1. The van der Waals surface area contributed by atoms with Crippen LogP contribution in [0.2, 0.25) is 0 Å². The molecule has 100 valence electrons. The van der Waals surface area contributed by atoms with Crippen molar-refractivity contribution >= 4 is 21.8 Å². The van der Waals surface area contributed by atoms with Crippen LogP contribution in [0.25, 0.3) is 0 Å². The van der Waals surface area contributed by atoms with E-state index in [1.165, 1.54) is 0 Å². The molecule has 3 nitrogen and oxygen atoms in total. The molecule has 1 rings (SSSR count). The van der Waals surface area contributed by atoms with Gasteiger partial charge in [0.15, 0.2) is 0 Å². The maximum atomic E-state index is 11.6. The number of methoxy groups -OCH3 is 1. The van der Waals surface area contributed by atoms with E-state index in [0.29, 0.717) is 11.2 Å². The molecule has 0 aliphatic rings. The molecule has 0 saturated heterocycles. The fourth-order valence-corrected chi connectivity index (χ4v) is 1.78. The summed E-state index contributed by atoms with van der Waals surface area (Å²) in [5.41, 5.74) is 1.15. The zero-order chi connectivity index (χ0) is 13.4. The van der Waals surface area contributed by atoms with E-state index in [9.17, 15) is 4.79 Å². The highest BCUT2D eigenvalue weighted by Crippen LogP contribution is 2.12. The zero-order valence-electron chi connectivity index (χ0n) is 10.9. The fourth-order valence-electron chi connectivity index (χ4n) is 1.55. The van der Waals surface area contributed by atoms with Gasteiger partial charge in [-0.15, -0.1) is 0 Å². The first kappa shape index (κ1) is 15.0. The van der Waals surface area contributed by atoms with E-state index in [-0.39, 0.29) is 5.91 Å². The molecule has 18 heavy (non-hydrogen) atoms. The Balaban J connectivity index is 2.24. The maximum absolute atomic E-state index is 11.6. The van der Waals surface area contributed by atoms with Gasteiger partial charge in [-0.1, -0.05) is 35.0 Å². The minimum atomic E-state index is 0.110. The molecule has 0 aliphatic carbocycles. The number of halogens is 1. The Morgan fingerprint density at radius 2 is 2.06 bits per heavy atom. The van der Waals surface area contributed by atoms with Crippen LogP contribution >= 0.6 is 15.9 Å². The third-order valence-corrected chi connectivity index (χ3v) is 3.12. The van der Waals surface area contributed by atoms with Crippen LogP contribution in [0.1, 0.15) is 25.3 Å². The fraction of sp³-hybridized carbons (Fsp3) is 0.500. The lowest BCUT2D eigenvalue weighted by atomic mass is 10.1. The van der Waals surface area contributed by atoms with Crippen LogP contribution in [0.4, 0.5) is 0 Å². The molecule has 0 heterocycles. The third kappa shape index (κ3) is 6.05. The van der Waals surface area contributed by atoms with Crippen molar-refractivity contribution in [2.75, 3.05) is 13.7 Å². The van der Waals surface area contributed by atoms with Crippen molar-refractivity contribution in [3.63, 3.8) is 0 Å². The number of ether oxygens (including phenoxy) is 1. The number of hydrogen-bond donors (Lipinski definition) is 1. The SMILES string of the molecule is COc1ccc(CCC(=O)NCCC(C)Br)cc1. The quantitative estimate of drug-likeness (QED) is 0.786. The van der Waals surface area contributed by atoms with Gasteiger partial charge in [0.25, 0.3) is 0 Å². The molecule has 4 heteroatoms. The number of rotatable bonds is 7. The van der Waals surface area contributed by atoms with Crippen LogP contribution in [-0.2, 0) is 11.2 Å². The van der Waals surface area contributed by atoms with Gasteiger partial charge < -0.3 is 10.1 Å². The van der Waals surface area contributed by atoms with Gasteiger partial charge in [0, 0.05) is 17.8 Å². The number of alkyl halides is 1. The average Bonchev–Trinajstić information content (AvgIpc) is 2.36. The molecule has 1 aromatic rings. The molecule has 1 amide bonds. The summed E-state index contributed by atoms with van der Waals surface area (Å²) < 4.78 is 5.09. The summed E-state index contributed by atoms with van der Waals surface area (Å²) in [7, 11) is 1.65. The Hall–Kier alpha value is -1.03. The van der Waals surface area contributed by atoms with Gasteiger partial charge >= 0.3 is 0 Å². The lowest BCUT2D eigenvalue weighted by Crippen LogP contribution is -2.25. The van der Waals surface area contributed by atoms with Gasteiger partial charge in [-0.3, -0.25) is 4.79 Å². The van der Waals surface area contributed by atoms with Crippen molar-refractivity contribution in [3.05, 3.63) is 29.8 Å². The summed E-state index contributed by atoms with van der Waals surface area (Å²) in [6.07, 6.45) is 2.25. The van der Waals surface area contributed by atoms with Crippen molar-refractivity contribution < 1.29 is 9.53 Å². The lowest BCUT2D eigenvalue weighted by Gasteiger charge is -2.07. The van der Waals surface area contributed by atoms with Gasteiger partial charge in [0.05, 0.1) is 7.11 Å². The Labute approximate surface area is 117 Å². The molecule has 0 radical (unpaired) electrons. The van der Waals surface area contributed by atoms with Crippen LogP contribution < -0.4 is 10.1 Å². The van der Waals surface area contributed by atoms with Gasteiger partial charge in [-0.05, 0) is 30.5 Å². The third-order valence-electron chi connectivity index (χ3n) is 2.66. The number of nitrogens with one attached hydrogen (secondary N) is 1. The van der Waals surface area contributed by atoms with E-state index in [4.69, 9.17) is 4.74 Å². The first-order valence-corrected chi connectivity index (χ1v) is 7.07. The highest BCUT2D eigenvalue weighted by atomic mass is 79.9. The molecule has 0 aliphatic heterocycles. The molecule has 0 spiro atoms. The summed E-state index contributed by atoms with van der Waals surface area (Å²) >= 11 is 3.45. The Morgan fingerprint density at radius 1 is 1.39 bits per heavy atom. The monoisotopic (exact) mass is 313 g/mol. The van der Waals surface area contributed by atoms with Crippen molar-refractivity contribution in [2.45, 2.75) is 31.0 Å². The van der Waals surface area contributed by atoms with Crippen LogP contribution in [0.3, 0.4) is 0 Å². The minimum absolute atomic E-state index is 0.110. The van der Waals surface area contributed by atoms with Gasteiger partial charge in [0.2, 0.25) is 5.91 Å². The summed E-state index contributed by atoms with van der Waals surface area (Å²) in [6, 6.07) is 7.82. The summed E-state index contributed by atoms with van der Waals surface area (Å²) in [5, 5.41) is 2.91. The van der Waals surface area contributed by atoms with E-state index in [2.05, 4.69) is 28.2 Å². The van der Waals surface area contributed by atoms with E-state index in [0.717, 1.165) is 30.7 Å². The molecule has 0 saturated carbocycles. The second kappa shape index (κ2) is 8.14. The second-order valence-electron chi connectivity index (χ2n) is 4.27. The van der Waals surface area contributed by atoms with Gasteiger partial charge in [-0.2, -0.15) is 0 Å². The Morgan fingerprint density at radius 3 is 2.61 bits per heavy atom. The van der Waals surface area contributed by atoms with Crippen LogP contribution in [0.5, 0.6) is 5.75 Å². The van der Waals surface area contributed by atoms with Crippen molar-refractivity contribution in [1.82, 2.24) is 5.32 Å². The van der Waals surface area contributed by atoms with Crippen LogP contribution in [-0.4, -0.2) is 24.4 Å². The summed E-state index contributed by atoms with van der Waals surface area (Å²) in [5.74, 6) is 0.952. The van der Waals surface area contributed by atoms with Gasteiger partial charge in [0.1, 0.15) is 5.75 Å². The van der Waals surface area contributed by atoms with Crippen molar-refractivity contribution in [3.8, 4) is 5.75 Å². The molecular weight excluding hydrogens is 294 g/mol. The topological polar surface area (TPSA) is 38.3 Å². The Kier molecular flexibility index (Phi) is 6.80. The number of benzene rings is 1. The highest BCUT2D eigenvalue weighted by molar-refractivity contribution is 9.09. The molecule has 0 bridgehead atoms. The number of amides is 1. The second-order valence-corrected chi connectivity index (χ2v) is 5.83. The first-order valence-electron chi connectivity index (χ1n) is 6.15. The van der Waals surface area contributed by atoms with E-state index < -0.39 is 0 Å². The first-order chi connectivity index (χ1) is 8.61. The summed E-state index contributed by atoms with van der Waals surface area (Å²) in [6.45, 7) is 2.80. The molecule has 1 aromatic carbocycles. The average molecular weight is 314 g/mol. The van der Waals surface area contributed by atoms with E-state index >= 15 is 0 Å². The van der Waals surface area contributed by atoms with Crippen LogP contribution in [0, 0.1) is 0 Å².